The van der Waals surface area contributed by atoms with E-state index in [9.17, 15) is 0 Å². The summed E-state index contributed by atoms with van der Waals surface area (Å²) in [4.78, 5) is 0. The Bertz CT molecular complexity index is 35.8. The fourth-order valence-electron chi connectivity index (χ4n) is 0. The molecule has 0 N–H and O–H groups in total. The second-order valence-electron chi connectivity index (χ2n) is 1.47. The predicted octanol–water partition coefficient (Wildman–Crippen LogP) is -0.0244. The highest BCUT2D eigenvalue weighted by atomic mass is 13.8. The Labute approximate surface area is 42.9 Å². The van der Waals surface area contributed by atoms with E-state index in [1.54, 1.807) is 0 Å². The molecule has 0 saturated carbocycles. The molecule has 0 bridgehead atoms. The Morgan fingerprint density at radius 1 is 1.33 bits per heavy atom. The zero-order valence-corrected chi connectivity index (χ0v) is 3.94. The first-order valence-corrected chi connectivity index (χ1v) is 1.93. The van der Waals surface area contributed by atoms with Gasteiger partial charge in [0.2, 0.25) is 0 Å². The molecule has 0 nitrogen and oxygen atoms in total. The Morgan fingerprint density at radius 3 is 1.50 bits per heavy atom. The molecule has 0 saturated heterocycles. The van der Waals surface area contributed by atoms with Gasteiger partial charge in [0.1, 0.15) is 0 Å². The van der Waals surface area contributed by atoms with Crippen molar-refractivity contribution < 1.29 is 0 Å². The van der Waals surface area contributed by atoms with Crippen LogP contribution in [-0.4, -0.2) is 23.5 Å². The number of rotatable bonds is 1. The molecule has 0 aliphatic carbocycles. The molecule has 3 heteroatoms. The van der Waals surface area contributed by atoms with Crippen molar-refractivity contribution in [3.63, 3.8) is 0 Å². The lowest BCUT2D eigenvalue weighted by molar-refractivity contribution is 0.957. The molecule has 6 heavy (non-hydrogen) atoms. The van der Waals surface area contributed by atoms with E-state index in [0.29, 0.717) is 6.42 Å². The average Bonchev–Trinajstić information content (AvgIpc) is 1.35. The van der Waals surface area contributed by atoms with Crippen LogP contribution in [0, 0.1) is 0 Å². The van der Waals surface area contributed by atoms with Gasteiger partial charge in [-0.3, -0.25) is 0 Å². The van der Waals surface area contributed by atoms with Gasteiger partial charge in [-0.15, -0.1) is 5.11 Å². The van der Waals surface area contributed by atoms with E-state index in [1.165, 1.54) is 0 Å². The highest BCUT2D eigenvalue weighted by Gasteiger charge is 2.02. The molecule has 0 aliphatic rings. The van der Waals surface area contributed by atoms with E-state index in [-0.39, 0.29) is 0 Å². The van der Waals surface area contributed by atoms with Crippen LogP contribution in [0.4, 0.5) is 0 Å². The predicted molar refractivity (Wildman–Crippen MR) is 30.2 cm³/mol. The molecule has 26 valence electrons. The van der Waals surface area contributed by atoms with Gasteiger partial charge in [-0.05, 0) is 0 Å². The van der Waals surface area contributed by atoms with Crippen LogP contribution in [0.25, 0.3) is 0 Å². The summed E-state index contributed by atoms with van der Waals surface area (Å²) in [5.74, 6) is 0. The molecule has 0 atom stereocenters. The third kappa shape index (κ3) is 4.19. The maximum Gasteiger partial charge on any atom is 0.0507 e. The summed E-state index contributed by atoms with van der Waals surface area (Å²) in [5, 5.41) is -0.958. The molecule has 6 radical (unpaired) electrons. The van der Waals surface area contributed by atoms with Gasteiger partial charge < -0.3 is 0 Å². The van der Waals surface area contributed by atoms with Crippen LogP contribution >= 0.6 is 0 Å². The average molecular weight is 73.5 g/mol. The van der Waals surface area contributed by atoms with Crippen LogP contribution in [0.5, 0.6) is 0 Å². The summed E-state index contributed by atoms with van der Waals surface area (Å²) < 4.78 is 0. The molecule has 0 rings (SSSR count). The fraction of sp³-hybridized carbons (Fsp3) is 1.00. The molecule has 0 amide bonds. The minimum atomic E-state index is -0.958. The maximum absolute atomic E-state index is 5.09. The summed E-state index contributed by atoms with van der Waals surface area (Å²) in [6.45, 7) is 1.83. The quantitative estimate of drug-likeness (QED) is 0.383. The molecular formula is C3H5B3. The summed E-state index contributed by atoms with van der Waals surface area (Å²) >= 11 is 0. The van der Waals surface area contributed by atoms with Crippen LogP contribution in [-0.2, 0) is 0 Å². The third-order valence-electron chi connectivity index (χ3n) is 0.612. The second-order valence-corrected chi connectivity index (χ2v) is 1.47. The molecule has 0 aliphatic heterocycles. The molecule has 0 fully saturated rings. The van der Waals surface area contributed by atoms with Gasteiger partial charge in [-0.2, -0.15) is 0 Å². The summed E-state index contributed by atoms with van der Waals surface area (Å²) in [6, 6.07) is 0. The monoisotopic (exact) mass is 74.1 g/mol. The van der Waals surface area contributed by atoms with Gasteiger partial charge >= 0.3 is 0 Å². The van der Waals surface area contributed by atoms with E-state index in [4.69, 9.17) is 23.5 Å². The van der Waals surface area contributed by atoms with Gasteiger partial charge in [0, 0.05) is 0 Å². The summed E-state index contributed by atoms with van der Waals surface area (Å²) in [6.07, 6.45) is 0.604. The fourth-order valence-corrected chi connectivity index (χ4v) is 0. The van der Waals surface area contributed by atoms with Gasteiger partial charge in [0.15, 0.2) is 0 Å². The zero-order valence-electron chi connectivity index (χ0n) is 3.94. The Balaban J connectivity index is 3.17. The molecule has 0 aromatic heterocycles. The van der Waals surface area contributed by atoms with Crippen molar-refractivity contribution >= 4 is 23.5 Å². The van der Waals surface area contributed by atoms with Crippen LogP contribution in [0.1, 0.15) is 13.3 Å². The van der Waals surface area contributed by atoms with Crippen molar-refractivity contribution in [3.05, 3.63) is 0 Å². The van der Waals surface area contributed by atoms with Crippen LogP contribution < -0.4 is 0 Å². The Morgan fingerprint density at radius 2 is 1.50 bits per heavy atom. The molecule has 0 aromatic carbocycles. The van der Waals surface area contributed by atoms with Crippen LogP contribution in [0.15, 0.2) is 0 Å². The standard InChI is InChI=1S/C3H5B3/c1-2-3(4,5)6/h2H2,1H3. The van der Waals surface area contributed by atoms with Crippen molar-refractivity contribution in [3.8, 4) is 0 Å². The number of hydrogen-bond acceptors (Lipinski definition) is 0. The summed E-state index contributed by atoms with van der Waals surface area (Å²) in [7, 11) is 15.3. The smallest absolute Gasteiger partial charge is 0.0507 e. The van der Waals surface area contributed by atoms with Crippen molar-refractivity contribution in [2.24, 2.45) is 0 Å². The van der Waals surface area contributed by atoms with Gasteiger partial charge in [-0.25, -0.2) is 0 Å². The van der Waals surface area contributed by atoms with E-state index in [2.05, 4.69) is 0 Å². The second kappa shape index (κ2) is 1.77. The van der Waals surface area contributed by atoms with Gasteiger partial charge in [-0.1, -0.05) is 13.3 Å². The van der Waals surface area contributed by atoms with E-state index in [1.807, 2.05) is 6.92 Å². The normalized spacial score (nSPS) is 11.5. The molecule has 0 heterocycles. The minimum Gasteiger partial charge on any atom is -0.130 e. The van der Waals surface area contributed by atoms with Crippen LogP contribution in [0.3, 0.4) is 0 Å². The first kappa shape index (κ1) is 6.19. The van der Waals surface area contributed by atoms with Crippen molar-refractivity contribution in [1.29, 1.82) is 0 Å². The minimum absolute atomic E-state index is 0.604. The highest BCUT2D eigenvalue weighted by Crippen LogP contribution is 2.11. The molecule has 0 aromatic rings. The Hall–Kier alpha value is 0.195. The summed E-state index contributed by atoms with van der Waals surface area (Å²) in [5.41, 5.74) is 0. The maximum atomic E-state index is 5.09. The lowest BCUT2D eigenvalue weighted by Crippen LogP contribution is -2.09. The van der Waals surface area contributed by atoms with E-state index in [0.717, 1.165) is 0 Å². The SMILES string of the molecule is [B]C([B])([B])CC. The first-order chi connectivity index (χ1) is 2.56. The highest BCUT2D eigenvalue weighted by molar-refractivity contribution is 6.58. The van der Waals surface area contributed by atoms with E-state index >= 15 is 0 Å². The van der Waals surface area contributed by atoms with Crippen molar-refractivity contribution in [1.82, 2.24) is 0 Å². The first-order valence-electron chi connectivity index (χ1n) is 1.93. The van der Waals surface area contributed by atoms with Gasteiger partial charge in [0.05, 0.1) is 23.5 Å². The zero-order chi connectivity index (χ0) is 5.21. The largest absolute Gasteiger partial charge is 0.130 e. The lowest BCUT2D eigenvalue weighted by Gasteiger charge is -2.13. The molecule has 0 spiro atoms. The topological polar surface area (TPSA) is 0 Å². The molecule has 0 unspecified atom stereocenters. The van der Waals surface area contributed by atoms with Crippen LogP contribution in [0.2, 0.25) is 5.11 Å². The van der Waals surface area contributed by atoms with Crippen molar-refractivity contribution in [2.75, 3.05) is 0 Å². The third-order valence-corrected chi connectivity index (χ3v) is 0.612. The Kier molecular flexibility index (Phi) is 1.82. The molecular weight excluding hydrogens is 68.5 g/mol. The van der Waals surface area contributed by atoms with Gasteiger partial charge in [0.25, 0.3) is 0 Å². The number of hydrogen-bond donors (Lipinski definition) is 0. The van der Waals surface area contributed by atoms with E-state index < -0.39 is 5.11 Å². The lowest BCUT2D eigenvalue weighted by atomic mass is 9.42. The van der Waals surface area contributed by atoms with Crippen molar-refractivity contribution in [2.45, 2.75) is 18.5 Å².